The fraction of sp³-hybridized carbons (Fsp3) is 0.375. The van der Waals surface area contributed by atoms with Crippen molar-refractivity contribution in [1.29, 1.82) is 0 Å². The molecular formula is C24H28N4O. The molecule has 1 saturated heterocycles. The number of anilines is 2. The summed E-state index contributed by atoms with van der Waals surface area (Å²) in [4.78, 5) is 24.5. The fourth-order valence-electron chi connectivity index (χ4n) is 4.20. The molecule has 3 aromatic rings. The number of aromatic nitrogens is 2. The molecule has 0 spiro atoms. The van der Waals surface area contributed by atoms with Gasteiger partial charge in [0.1, 0.15) is 0 Å². The fourth-order valence-corrected chi connectivity index (χ4v) is 4.20. The summed E-state index contributed by atoms with van der Waals surface area (Å²) in [6.07, 6.45) is 3.91. The van der Waals surface area contributed by atoms with Gasteiger partial charge < -0.3 is 10.2 Å². The maximum absolute atomic E-state index is 13.4. The highest BCUT2D eigenvalue weighted by atomic mass is 16.2. The number of pyridine rings is 2. The SMILES string of the molecule is Cc1cc(C)cc(Nc2c(C(=O)N3CCC[C@@H](C)C3)cnc3nc(C)ccc23)c1. The predicted molar refractivity (Wildman–Crippen MR) is 118 cm³/mol. The first-order valence-electron chi connectivity index (χ1n) is 10.3. The molecule has 150 valence electrons. The quantitative estimate of drug-likeness (QED) is 0.672. The number of benzene rings is 1. The van der Waals surface area contributed by atoms with Crippen LogP contribution >= 0.6 is 0 Å². The molecule has 29 heavy (non-hydrogen) atoms. The van der Waals surface area contributed by atoms with Crippen molar-refractivity contribution in [2.24, 2.45) is 5.92 Å². The molecule has 1 aliphatic heterocycles. The van der Waals surface area contributed by atoms with Gasteiger partial charge in [-0.1, -0.05) is 13.0 Å². The standard InChI is InChI=1S/C24H28N4O/c1-15-6-5-9-28(14-15)24(29)21-13-25-23-20(8-7-18(4)26-23)22(21)27-19-11-16(2)10-17(3)12-19/h7-8,10-13,15H,5-6,9,14H2,1-4H3,(H,25,26,27)/t15-/m1/s1. The lowest BCUT2D eigenvalue weighted by molar-refractivity contribution is 0.0684. The summed E-state index contributed by atoms with van der Waals surface area (Å²) < 4.78 is 0. The molecule has 0 saturated carbocycles. The number of carbonyl (C=O) groups is 1. The Kier molecular flexibility index (Phi) is 5.22. The zero-order valence-corrected chi connectivity index (χ0v) is 17.6. The van der Waals surface area contributed by atoms with Gasteiger partial charge in [0, 0.05) is 36.1 Å². The topological polar surface area (TPSA) is 58.1 Å². The molecular weight excluding hydrogens is 360 g/mol. The first-order chi connectivity index (χ1) is 13.9. The van der Waals surface area contributed by atoms with E-state index in [2.05, 4.69) is 54.3 Å². The molecule has 3 heterocycles. The molecule has 0 unspecified atom stereocenters. The van der Waals surface area contributed by atoms with Crippen LogP contribution in [0.2, 0.25) is 0 Å². The lowest BCUT2D eigenvalue weighted by atomic mass is 9.99. The summed E-state index contributed by atoms with van der Waals surface area (Å²) in [5.41, 5.74) is 6.28. The van der Waals surface area contributed by atoms with Crippen molar-refractivity contribution in [3.63, 3.8) is 0 Å². The minimum Gasteiger partial charge on any atom is -0.354 e. The normalized spacial score (nSPS) is 16.8. The van der Waals surface area contributed by atoms with Crippen LogP contribution in [0.1, 0.15) is 46.9 Å². The van der Waals surface area contributed by atoms with Crippen molar-refractivity contribution in [2.45, 2.75) is 40.5 Å². The van der Waals surface area contributed by atoms with E-state index >= 15 is 0 Å². The molecule has 1 fully saturated rings. The van der Waals surface area contributed by atoms with Crippen molar-refractivity contribution in [1.82, 2.24) is 14.9 Å². The minimum absolute atomic E-state index is 0.0402. The van der Waals surface area contributed by atoms with Gasteiger partial charge in [0.25, 0.3) is 5.91 Å². The molecule has 1 N–H and O–H groups in total. The Labute approximate surface area is 172 Å². The lowest BCUT2D eigenvalue weighted by Gasteiger charge is -2.31. The molecule has 2 aromatic heterocycles. The monoisotopic (exact) mass is 388 g/mol. The second-order valence-corrected chi connectivity index (χ2v) is 8.37. The number of likely N-dealkylation sites (tertiary alicyclic amines) is 1. The van der Waals surface area contributed by atoms with Crippen molar-refractivity contribution < 1.29 is 4.79 Å². The Morgan fingerprint density at radius 3 is 2.62 bits per heavy atom. The highest BCUT2D eigenvalue weighted by Crippen LogP contribution is 2.31. The van der Waals surface area contributed by atoms with E-state index < -0.39 is 0 Å². The number of nitrogens with zero attached hydrogens (tertiary/aromatic N) is 3. The van der Waals surface area contributed by atoms with Crippen LogP contribution in [0.5, 0.6) is 0 Å². The van der Waals surface area contributed by atoms with Crippen LogP contribution in [0.25, 0.3) is 11.0 Å². The molecule has 0 bridgehead atoms. The molecule has 1 aliphatic rings. The number of rotatable bonds is 3. The summed E-state index contributed by atoms with van der Waals surface area (Å²) in [5.74, 6) is 0.569. The molecule has 0 radical (unpaired) electrons. The van der Waals surface area contributed by atoms with E-state index in [-0.39, 0.29) is 5.91 Å². The van der Waals surface area contributed by atoms with Gasteiger partial charge in [-0.2, -0.15) is 0 Å². The summed E-state index contributed by atoms with van der Waals surface area (Å²) in [6.45, 7) is 9.91. The number of aryl methyl sites for hydroxylation is 3. The van der Waals surface area contributed by atoms with E-state index in [1.807, 2.05) is 24.0 Å². The Morgan fingerprint density at radius 1 is 1.14 bits per heavy atom. The van der Waals surface area contributed by atoms with Crippen molar-refractivity contribution in [3.05, 3.63) is 58.9 Å². The third kappa shape index (κ3) is 4.09. The van der Waals surface area contributed by atoms with Gasteiger partial charge in [0.2, 0.25) is 0 Å². The van der Waals surface area contributed by atoms with Gasteiger partial charge in [0.05, 0.1) is 11.3 Å². The van der Waals surface area contributed by atoms with Crippen LogP contribution in [0.3, 0.4) is 0 Å². The molecule has 1 atom stereocenters. The van der Waals surface area contributed by atoms with E-state index in [1.165, 1.54) is 17.5 Å². The van der Waals surface area contributed by atoms with Gasteiger partial charge in [0.15, 0.2) is 5.65 Å². The Morgan fingerprint density at radius 2 is 1.90 bits per heavy atom. The van der Waals surface area contributed by atoms with Crippen molar-refractivity contribution >= 4 is 28.3 Å². The second-order valence-electron chi connectivity index (χ2n) is 8.37. The number of carbonyl (C=O) groups excluding carboxylic acids is 1. The first-order valence-corrected chi connectivity index (χ1v) is 10.3. The number of hydrogen-bond donors (Lipinski definition) is 1. The van der Waals surface area contributed by atoms with Gasteiger partial charge in [-0.3, -0.25) is 4.79 Å². The van der Waals surface area contributed by atoms with Crippen molar-refractivity contribution in [3.8, 4) is 0 Å². The number of hydrogen-bond acceptors (Lipinski definition) is 4. The number of nitrogens with one attached hydrogen (secondary N) is 1. The first kappa shape index (κ1) is 19.4. The number of amides is 1. The van der Waals surface area contributed by atoms with Gasteiger partial charge >= 0.3 is 0 Å². The van der Waals surface area contributed by atoms with E-state index in [9.17, 15) is 4.79 Å². The molecule has 5 nitrogen and oxygen atoms in total. The predicted octanol–water partition coefficient (Wildman–Crippen LogP) is 5.17. The number of piperidine rings is 1. The average Bonchev–Trinajstić information content (AvgIpc) is 2.66. The van der Waals surface area contributed by atoms with E-state index in [1.54, 1.807) is 6.20 Å². The molecule has 0 aliphatic carbocycles. The van der Waals surface area contributed by atoms with Crippen molar-refractivity contribution in [2.75, 3.05) is 18.4 Å². The molecule has 1 aromatic carbocycles. The van der Waals surface area contributed by atoms with Crippen LogP contribution in [0.15, 0.2) is 36.5 Å². The van der Waals surface area contributed by atoms with Crippen LogP contribution < -0.4 is 5.32 Å². The van der Waals surface area contributed by atoms with Gasteiger partial charge in [-0.15, -0.1) is 0 Å². The maximum Gasteiger partial charge on any atom is 0.257 e. The second kappa shape index (κ2) is 7.82. The highest BCUT2D eigenvalue weighted by Gasteiger charge is 2.25. The van der Waals surface area contributed by atoms with Crippen LogP contribution in [-0.2, 0) is 0 Å². The minimum atomic E-state index is 0.0402. The summed E-state index contributed by atoms with van der Waals surface area (Å²) in [6, 6.07) is 10.3. The Hall–Kier alpha value is -2.95. The lowest BCUT2D eigenvalue weighted by Crippen LogP contribution is -2.39. The largest absolute Gasteiger partial charge is 0.354 e. The third-order valence-corrected chi connectivity index (χ3v) is 5.53. The number of fused-ring (bicyclic) bond motifs is 1. The smallest absolute Gasteiger partial charge is 0.257 e. The van der Waals surface area contributed by atoms with E-state index in [0.717, 1.165) is 42.0 Å². The Bertz CT molecular complexity index is 1060. The summed E-state index contributed by atoms with van der Waals surface area (Å²) in [7, 11) is 0. The zero-order valence-electron chi connectivity index (χ0n) is 17.6. The third-order valence-electron chi connectivity index (χ3n) is 5.53. The molecule has 1 amide bonds. The van der Waals surface area contributed by atoms with Crippen LogP contribution in [-0.4, -0.2) is 33.9 Å². The van der Waals surface area contributed by atoms with Crippen LogP contribution in [0, 0.1) is 26.7 Å². The summed E-state index contributed by atoms with van der Waals surface area (Å²) >= 11 is 0. The van der Waals surface area contributed by atoms with E-state index in [0.29, 0.717) is 17.1 Å². The molecule has 5 heteroatoms. The highest BCUT2D eigenvalue weighted by molar-refractivity contribution is 6.07. The van der Waals surface area contributed by atoms with Gasteiger partial charge in [-0.25, -0.2) is 9.97 Å². The maximum atomic E-state index is 13.4. The van der Waals surface area contributed by atoms with Crippen LogP contribution in [0.4, 0.5) is 11.4 Å². The summed E-state index contributed by atoms with van der Waals surface area (Å²) in [5, 5.41) is 4.39. The Balaban J connectivity index is 1.82. The van der Waals surface area contributed by atoms with E-state index in [4.69, 9.17) is 0 Å². The molecule has 4 rings (SSSR count). The van der Waals surface area contributed by atoms with Gasteiger partial charge in [-0.05, 0) is 74.9 Å². The average molecular weight is 389 g/mol. The zero-order chi connectivity index (χ0) is 20.5.